The Morgan fingerprint density at radius 2 is 1.25 bits per heavy atom. The minimum Gasteiger partial charge on any atom is -0.491 e. The van der Waals surface area contributed by atoms with Crippen LogP contribution in [0, 0.1) is 0 Å². The standard InChI is InChI=1S/C19H24O/c1-14(2)18-9-5-16(6-10-18)13-17-7-11-19(12-8-17)20-15(3)4/h5-12,14-15H,13H2,1-4H3. The van der Waals surface area contributed by atoms with Gasteiger partial charge in [-0.25, -0.2) is 0 Å². The van der Waals surface area contributed by atoms with Gasteiger partial charge in [-0.3, -0.25) is 0 Å². The van der Waals surface area contributed by atoms with Gasteiger partial charge in [-0.15, -0.1) is 0 Å². The molecule has 0 saturated heterocycles. The zero-order valence-electron chi connectivity index (χ0n) is 12.9. The third kappa shape index (κ3) is 4.12. The van der Waals surface area contributed by atoms with Crippen LogP contribution < -0.4 is 4.74 Å². The van der Waals surface area contributed by atoms with Gasteiger partial charge in [0.1, 0.15) is 5.75 Å². The molecule has 0 atom stereocenters. The van der Waals surface area contributed by atoms with Gasteiger partial charge in [-0.05, 0) is 55.0 Å². The third-order valence-corrected chi connectivity index (χ3v) is 3.35. The maximum absolute atomic E-state index is 5.66. The molecule has 0 spiro atoms. The fraction of sp³-hybridized carbons (Fsp3) is 0.368. The first-order valence-electron chi connectivity index (χ1n) is 7.39. The third-order valence-electron chi connectivity index (χ3n) is 3.35. The van der Waals surface area contributed by atoms with E-state index in [1.165, 1.54) is 16.7 Å². The van der Waals surface area contributed by atoms with Crippen LogP contribution in [-0.2, 0) is 6.42 Å². The van der Waals surface area contributed by atoms with Gasteiger partial charge >= 0.3 is 0 Å². The lowest BCUT2D eigenvalue weighted by Gasteiger charge is -2.10. The minimum atomic E-state index is 0.226. The molecular weight excluding hydrogens is 244 g/mol. The van der Waals surface area contributed by atoms with Gasteiger partial charge in [0.15, 0.2) is 0 Å². The number of hydrogen-bond acceptors (Lipinski definition) is 1. The number of rotatable bonds is 5. The van der Waals surface area contributed by atoms with Gasteiger partial charge in [-0.1, -0.05) is 50.2 Å². The molecule has 0 bridgehead atoms. The molecule has 0 aromatic heterocycles. The topological polar surface area (TPSA) is 9.23 Å². The summed E-state index contributed by atoms with van der Waals surface area (Å²) in [7, 11) is 0. The van der Waals surface area contributed by atoms with Gasteiger partial charge in [0, 0.05) is 0 Å². The van der Waals surface area contributed by atoms with Crippen molar-refractivity contribution in [1.29, 1.82) is 0 Å². The van der Waals surface area contributed by atoms with Crippen molar-refractivity contribution in [2.75, 3.05) is 0 Å². The van der Waals surface area contributed by atoms with Crippen LogP contribution in [0.3, 0.4) is 0 Å². The number of ether oxygens (including phenoxy) is 1. The van der Waals surface area contributed by atoms with Crippen LogP contribution in [0.15, 0.2) is 48.5 Å². The molecule has 106 valence electrons. The summed E-state index contributed by atoms with van der Waals surface area (Å²) in [6.45, 7) is 8.54. The first-order valence-corrected chi connectivity index (χ1v) is 7.39. The van der Waals surface area contributed by atoms with Crippen molar-refractivity contribution in [2.45, 2.75) is 46.1 Å². The Kier molecular flexibility index (Phi) is 4.84. The van der Waals surface area contributed by atoms with E-state index in [1.807, 2.05) is 13.8 Å². The number of hydrogen-bond donors (Lipinski definition) is 0. The lowest BCUT2D eigenvalue weighted by atomic mass is 9.99. The van der Waals surface area contributed by atoms with E-state index in [9.17, 15) is 0 Å². The molecule has 0 aliphatic carbocycles. The summed E-state index contributed by atoms with van der Waals surface area (Å²) in [5.74, 6) is 1.54. The molecule has 2 aromatic rings. The van der Waals surface area contributed by atoms with Crippen LogP contribution in [0.5, 0.6) is 5.75 Å². The molecule has 2 rings (SSSR count). The van der Waals surface area contributed by atoms with Crippen LogP contribution in [0.1, 0.15) is 50.3 Å². The monoisotopic (exact) mass is 268 g/mol. The van der Waals surface area contributed by atoms with Gasteiger partial charge in [-0.2, -0.15) is 0 Å². The van der Waals surface area contributed by atoms with Gasteiger partial charge in [0.2, 0.25) is 0 Å². The van der Waals surface area contributed by atoms with E-state index in [1.54, 1.807) is 0 Å². The van der Waals surface area contributed by atoms with Crippen LogP contribution >= 0.6 is 0 Å². The van der Waals surface area contributed by atoms with E-state index in [0.717, 1.165) is 12.2 Å². The zero-order chi connectivity index (χ0) is 14.5. The second-order valence-electron chi connectivity index (χ2n) is 5.88. The predicted octanol–water partition coefficient (Wildman–Crippen LogP) is 5.19. The van der Waals surface area contributed by atoms with Crippen molar-refractivity contribution in [1.82, 2.24) is 0 Å². The second kappa shape index (κ2) is 6.60. The maximum atomic E-state index is 5.66. The summed E-state index contributed by atoms with van der Waals surface area (Å²) in [5.41, 5.74) is 4.07. The lowest BCUT2D eigenvalue weighted by molar-refractivity contribution is 0.242. The van der Waals surface area contributed by atoms with E-state index >= 15 is 0 Å². The first-order chi connectivity index (χ1) is 9.54. The van der Waals surface area contributed by atoms with Gasteiger partial charge in [0.25, 0.3) is 0 Å². The highest BCUT2D eigenvalue weighted by Crippen LogP contribution is 2.19. The average Bonchev–Trinajstić information content (AvgIpc) is 2.41. The summed E-state index contributed by atoms with van der Waals surface area (Å²) in [6.07, 6.45) is 1.20. The van der Waals surface area contributed by atoms with Gasteiger partial charge < -0.3 is 4.74 Å². The quantitative estimate of drug-likeness (QED) is 0.725. The SMILES string of the molecule is CC(C)Oc1ccc(Cc2ccc(C(C)C)cc2)cc1. The molecule has 0 amide bonds. The normalized spacial score (nSPS) is 11.1. The zero-order valence-corrected chi connectivity index (χ0v) is 12.9. The largest absolute Gasteiger partial charge is 0.491 e. The smallest absolute Gasteiger partial charge is 0.119 e. The summed E-state index contributed by atoms with van der Waals surface area (Å²) in [5, 5.41) is 0. The summed E-state index contributed by atoms with van der Waals surface area (Å²) < 4.78 is 5.66. The molecule has 20 heavy (non-hydrogen) atoms. The molecule has 0 aliphatic rings. The van der Waals surface area contributed by atoms with Crippen LogP contribution in [0.25, 0.3) is 0 Å². The molecule has 0 fully saturated rings. The molecule has 0 radical (unpaired) electrons. The highest BCUT2D eigenvalue weighted by atomic mass is 16.5. The van der Waals surface area contributed by atoms with Crippen molar-refractivity contribution >= 4 is 0 Å². The second-order valence-corrected chi connectivity index (χ2v) is 5.88. The summed E-state index contributed by atoms with van der Waals surface area (Å²) in [4.78, 5) is 0. The Bertz CT molecular complexity index is 521. The Morgan fingerprint density at radius 1 is 0.750 bits per heavy atom. The molecule has 0 N–H and O–H groups in total. The van der Waals surface area contributed by atoms with E-state index in [0.29, 0.717) is 5.92 Å². The molecule has 0 unspecified atom stereocenters. The Hall–Kier alpha value is -1.76. The fourth-order valence-corrected chi connectivity index (χ4v) is 2.21. The number of benzene rings is 2. The Balaban J connectivity index is 2.02. The average molecular weight is 268 g/mol. The molecule has 1 nitrogen and oxygen atoms in total. The van der Waals surface area contributed by atoms with Gasteiger partial charge in [0.05, 0.1) is 6.10 Å². The van der Waals surface area contributed by atoms with E-state index in [2.05, 4.69) is 62.4 Å². The van der Waals surface area contributed by atoms with Crippen molar-refractivity contribution in [3.8, 4) is 5.75 Å². The minimum absolute atomic E-state index is 0.226. The highest BCUT2D eigenvalue weighted by molar-refractivity contribution is 5.33. The maximum Gasteiger partial charge on any atom is 0.119 e. The van der Waals surface area contributed by atoms with E-state index < -0.39 is 0 Å². The predicted molar refractivity (Wildman–Crippen MR) is 85.5 cm³/mol. The Labute approximate surface area is 122 Å². The molecule has 1 heteroatoms. The van der Waals surface area contributed by atoms with Crippen LogP contribution in [0.4, 0.5) is 0 Å². The van der Waals surface area contributed by atoms with E-state index in [-0.39, 0.29) is 6.10 Å². The summed E-state index contributed by atoms with van der Waals surface area (Å²) >= 11 is 0. The fourth-order valence-electron chi connectivity index (χ4n) is 2.21. The van der Waals surface area contributed by atoms with Crippen molar-refractivity contribution in [3.05, 3.63) is 65.2 Å². The van der Waals surface area contributed by atoms with Crippen molar-refractivity contribution < 1.29 is 4.74 Å². The molecule has 0 saturated carbocycles. The van der Waals surface area contributed by atoms with Crippen molar-refractivity contribution in [2.24, 2.45) is 0 Å². The highest BCUT2D eigenvalue weighted by Gasteiger charge is 2.01. The summed E-state index contributed by atoms with van der Waals surface area (Å²) in [6, 6.07) is 17.3. The molecule has 0 aliphatic heterocycles. The molecule has 0 heterocycles. The van der Waals surface area contributed by atoms with Crippen molar-refractivity contribution in [3.63, 3.8) is 0 Å². The molecule has 2 aromatic carbocycles. The first kappa shape index (κ1) is 14.6. The van der Waals surface area contributed by atoms with E-state index in [4.69, 9.17) is 4.74 Å². The van der Waals surface area contributed by atoms with Crippen LogP contribution in [0.2, 0.25) is 0 Å². The molecular formula is C19H24O. The van der Waals surface area contributed by atoms with Crippen LogP contribution in [-0.4, -0.2) is 6.10 Å². The Morgan fingerprint density at radius 3 is 1.70 bits per heavy atom. The lowest BCUT2D eigenvalue weighted by Crippen LogP contribution is -2.05.